The van der Waals surface area contributed by atoms with Gasteiger partial charge in [-0.15, -0.1) is 5.23 Å². The third-order valence-electron chi connectivity index (χ3n) is 1.46. The van der Waals surface area contributed by atoms with E-state index in [1.807, 2.05) is 4.93 Å². The summed E-state index contributed by atoms with van der Waals surface area (Å²) in [5, 5.41) is 17.7. The van der Waals surface area contributed by atoms with Crippen LogP contribution in [0.1, 0.15) is 0 Å². The zero-order chi connectivity index (χ0) is 10.6. The third-order valence-corrected chi connectivity index (χ3v) is 2.22. The van der Waals surface area contributed by atoms with E-state index in [-0.39, 0.29) is 31.6 Å². The van der Waals surface area contributed by atoms with E-state index in [0.29, 0.717) is 11.4 Å². The largest absolute Gasteiger partial charge is 0.457 e. The fourth-order valence-corrected chi connectivity index (χ4v) is 1.41. The van der Waals surface area contributed by atoms with Gasteiger partial charge in [-0.05, 0) is 23.1 Å². The minimum absolute atomic E-state index is 0.00644. The van der Waals surface area contributed by atoms with Gasteiger partial charge in [0.15, 0.2) is 5.75 Å². The molecule has 0 saturated heterocycles. The number of nitrogen functional groups attached to an aromatic ring is 1. The van der Waals surface area contributed by atoms with E-state index >= 15 is 0 Å². The van der Waals surface area contributed by atoms with E-state index in [9.17, 15) is 0 Å². The predicted molar refractivity (Wildman–Crippen MR) is 63.5 cm³/mol. The van der Waals surface area contributed by atoms with E-state index in [2.05, 4.69) is 0 Å². The SMILES string of the molecule is CI=COc1ccc(N)cc1N(O)O. The molecular weight excluding hydrogens is 299 g/mol. The summed E-state index contributed by atoms with van der Waals surface area (Å²) in [4.78, 5) is 2.02. The fourth-order valence-electron chi connectivity index (χ4n) is 0.883. The van der Waals surface area contributed by atoms with Crippen LogP contribution in [0, 0.1) is 0 Å². The lowest BCUT2D eigenvalue weighted by atomic mass is 10.2. The minimum Gasteiger partial charge on any atom is -0.457 e. The van der Waals surface area contributed by atoms with Gasteiger partial charge in [0, 0.05) is 5.69 Å². The molecule has 0 spiro atoms. The summed E-state index contributed by atoms with van der Waals surface area (Å²) in [5.74, 6) is 0.366. The van der Waals surface area contributed by atoms with Gasteiger partial charge in [0.05, 0.1) is 0 Å². The van der Waals surface area contributed by atoms with Crippen molar-refractivity contribution in [1.82, 2.24) is 0 Å². The molecule has 0 aromatic heterocycles. The summed E-state index contributed by atoms with van der Waals surface area (Å²) >= 11 is -0.119. The molecule has 0 unspecified atom stereocenters. The summed E-state index contributed by atoms with van der Waals surface area (Å²) in [7, 11) is 0. The molecule has 0 amide bonds. The molecule has 0 aliphatic carbocycles. The van der Waals surface area contributed by atoms with Crippen molar-refractivity contribution in [3.63, 3.8) is 0 Å². The Morgan fingerprint density at radius 2 is 2.21 bits per heavy atom. The number of nitrogens with zero attached hydrogens (tertiary/aromatic N) is 1. The maximum atomic E-state index is 8.88. The number of anilines is 2. The maximum Gasteiger partial charge on any atom is 0.155 e. The van der Waals surface area contributed by atoms with Gasteiger partial charge in [0.25, 0.3) is 0 Å². The van der Waals surface area contributed by atoms with Gasteiger partial charge >= 0.3 is 0 Å². The van der Waals surface area contributed by atoms with Gasteiger partial charge in [-0.25, -0.2) is 0 Å². The quantitative estimate of drug-likeness (QED) is 0.342. The first-order valence-corrected chi connectivity index (χ1v) is 7.09. The van der Waals surface area contributed by atoms with Gasteiger partial charge < -0.3 is 10.5 Å². The van der Waals surface area contributed by atoms with Crippen LogP contribution in [0.5, 0.6) is 5.75 Å². The van der Waals surface area contributed by atoms with Crippen molar-refractivity contribution in [3.8, 4) is 5.75 Å². The summed E-state index contributed by atoms with van der Waals surface area (Å²) in [5.41, 5.74) is 6.05. The summed E-state index contributed by atoms with van der Waals surface area (Å²) in [6, 6.07) is 4.63. The molecule has 0 heterocycles. The number of alkyl halides is 1. The second-order valence-electron chi connectivity index (χ2n) is 2.44. The minimum atomic E-state index is -0.119. The van der Waals surface area contributed by atoms with E-state index in [1.165, 1.54) is 6.07 Å². The van der Waals surface area contributed by atoms with Gasteiger partial charge in [-0.2, -0.15) is 0 Å². The average molecular weight is 310 g/mol. The molecule has 14 heavy (non-hydrogen) atoms. The van der Waals surface area contributed by atoms with Crippen LogP contribution in [-0.4, -0.2) is 19.5 Å². The van der Waals surface area contributed by atoms with Crippen molar-refractivity contribution < 1.29 is 15.2 Å². The smallest absolute Gasteiger partial charge is 0.155 e. The molecule has 0 atom stereocenters. The first-order chi connectivity index (χ1) is 6.65. The summed E-state index contributed by atoms with van der Waals surface area (Å²) in [6.07, 6.45) is 0. The highest BCUT2D eigenvalue weighted by molar-refractivity contribution is 14.2. The van der Waals surface area contributed by atoms with Crippen molar-refractivity contribution in [1.29, 1.82) is 0 Å². The molecule has 0 bridgehead atoms. The maximum absolute atomic E-state index is 8.88. The third kappa shape index (κ3) is 2.82. The summed E-state index contributed by atoms with van der Waals surface area (Å²) in [6.45, 7) is 0. The van der Waals surface area contributed by atoms with Crippen LogP contribution in [0.3, 0.4) is 0 Å². The Balaban J connectivity index is 3.02. The lowest BCUT2D eigenvalue weighted by Crippen LogP contribution is -2.12. The zero-order valence-electron chi connectivity index (χ0n) is 7.51. The van der Waals surface area contributed by atoms with Crippen LogP contribution in [0.15, 0.2) is 18.2 Å². The normalized spacial score (nSPS) is 11.1. The molecular formula is C8H11IN2O3. The van der Waals surface area contributed by atoms with Crippen LogP contribution in [0.2, 0.25) is 0 Å². The van der Waals surface area contributed by atoms with E-state index in [4.69, 9.17) is 20.9 Å². The Morgan fingerprint density at radius 3 is 2.79 bits per heavy atom. The van der Waals surface area contributed by atoms with Gasteiger partial charge in [0.1, 0.15) is 9.89 Å². The van der Waals surface area contributed by atoms with Crippen LogP contribution in [0.25, 0.3) is 0 Å². The Hall–Kier alpha value is -0.860. The van der Waals surface area contributed by atoms with Crippen LogP contribution >= 0.6 is 20.7 Å². The lowest BCUT2D eigenvalue weighted by molar-refractivity contribution is 0.0284. The Kier molecular flexibility index (Phi) is 4.11. The molecule has 0 aliphatic heterocycles. The van der Waals surface area contributed by atoms with E-state index < -0.39 is 0 Å². The topological polar surface area (TPSA) is 79.0 Å². The number of ether oxygens (including phenoxy) is 1. The van der Waals surface area contributed by atoms with Crippen molar-refractivity contribution in [2.45, 2.75) is 0 Å². The molecule has 1 aromatic rings. The molecule has 0 saturated carbocycles. The Bertz CT molecular complexity index is 341. The average Bonchev–Trinajstić information content (AvgIpc) is 2.15. The van der Waals surface area contributed by atoms with Gasteiger partial charge in [-0.1, -0.05) is 20.7 Å². The highest BCUT2D eigenvalue weighted by Crippen LogP contribution is 2.28. The predicted octanol–water partition coefficient (Wildman–Crippen LogP) is 1.59. The molecule has 78 valence electrons. The summed E-state index contributed by atoms with van der Waals surface area (Å²) < 4.78 is 6.87. The van der Waals surface area contributed by atoms with Crippen molar-refractivity contribution in [3.05, 3.63) is 18.2 Å². The van der Waals surface area contributed by atoms with Crippen molar-refractivity contribution in [2.75, 3.05) is 15.9 Å². The molecule has 0 aliphatic rings. The Labute approximate surface area is 91.4 Å². The first-order valence-electron chi connectivity index (χ1n) is 3.69. The Morgan fingerprint density at radius 1 is 1.50 bits per heavy atom. The molecule has 0 fully saturated rings. The van der Waals surface area contributed by atoms with Gasteiger partial charge in [0.2, 0.25) is 0 Å². The second kappa shape index (κ2) is 5.13. The number of halogens is 1. The van der Waals surface area contributed by atoms with Crippen molar-refractivity contribution in [2.24, 2.45) is 0 Å². The molecule has 4 N–H and O–H groups in total. The molecule has 5 nitrogen and oxygen atoms in total. The van der Waals surface area contributed by atoms with Crippen LogP contribution < -0.4 is 15.7 Å². The number of hydrogen-bond donors (Lipinski definition) is 3. The van der Waals surface area contributed by atoms with Gasteiger partial charge in [-0.3, -0.25) is 10.4 Å². The van der Waals surface area contributed by atoms with Crippen molar-refractivity contribution >= 4 is 36.3 Å². The fraction of sp³-hybridized carbons (Fsp3) is 0.125. The molecule has 1 rings (SSSR count). The first kappa shape index (κ1) is 11.2. The zero-order valence-corrected chi connectivity index (χ0v) is 9.67. The lowest BCUT2D eigenvalue weighted by Gasteiger charge is -2.12. The van der Waals surface area contributed by atoms with Crippen LogP contribution in [-0.2, 0) is 0 Å². The molecule has 6 heteroatoms. The standard InChI is InChI=1S/C8H11IN2O3/c1-9-5-14-8-3-2-6(10)4-7(8)11(12)13/h2-5,12-13H,10H2,1H3. The number of benzene rings is 1. The monoisotopic (exact) mass is 310 g/mol. The van der Waals surface area contributed by atoms with E-state index in [1.54, 1.807) is 16.3 Å². The highest BCUT2D eigenvalue weighted by Gasteiger charge is 2.08. The van der Waals surface area contributed by atoms with E-state index in [0.717, 1.165) is 0 Å². The number of rotatable bonds is 3. The van der Waals surface area contributed by atoms with Crippen LogP contribution in [0.4, 0.5) is 11.4 Å². The number of hydrogen-bond acceptors (Lipinski definition) is 5. The second-order valence-corrected chi connectivity index (χ2v) is 4.20. The molecule has 0 radical (unpaired) electrons. The number of nitrogens with two attached hydrogens (primary N) is 1. The highest BCUT2D eigenvalue weighted by atomic mass is 127. The molecule has 1 aromatic carbocycles.